The summed E-state index contributed by atoms with van der Waals surface area (Å²) in [6.07, 6.45) is 1.66. The molecule has 152 valence electrons. The maximum absolute atomic E-state index is 14.6. The smallest absolute Gasteiger partial charge is 0.227 e. The van der Waals surface area contributed by atoms with Crippen molar-refractivity contribution < 1.29 is 9.13 Å². The number of halogens is 1. The van der Waals surface area contributed by atoms with Crippen molar-refractivity contribution in [2.24, 2.45) is 0 Å². The Bertz CT molecular complexity index is 1040. The van der Waals surface area contributed by atoms with E-state index in [1.54, 1.807) is 12.3 Å². The number of nitriles is 1. The molecule has 2 heterocycles. The minimum atomic E-state index is -0.293. The van der Waals surface area contributed by atoms with Crippen LogP contribution in [0.15, 0.2) is 54.7 Å². The van der Waals surface area contributed by atoms with Gasteiger partial charge in [0.05, 0.1) is 30.7 Å². The van der Waals surface area contributed by atoms with Crippen LogP contribution in [0.1, 0.15) is 0 Å². The molecule has 2 aromatic carbocycles. The highest BCUT2D eigenvalue weighted by molar-refractivity contribution is 5.65. The highest BCUT2D eigenvalue weighted by Gasteiger charge is 2.15. The number of rotatable bonds is 6. The summed E-state index contributed by atoms with van der Waals surface area (Å²) in [5.41, 5.74) is 3.67. The van der Waals surface area contributed by atoms with Crippen LogP contribution < -0.4 is 15.5 Å². The minimum absolute atomic E-state index is 0.252. The van der Waals surface area contributed by atoms with Crippen molar-refractivity contribution >= 4 is 23.0 Å². The van der Waals surface area contributed by atoms with Crippen LogP contribution in [0.3, 0.4) is 0 Å². The maximum Gasteiger partial charge on any atom is 0.227 e. The SMILES string of the molecule is N#CCNc1ccc(-c2ccnc(Nc3ccc(N4CCOCC4)c(F)c3)n2)cc1. The van der Waals surface area contributed by atoms with E-state index in [0.717, 1.165) is 16.9 Å². The lowest BCUT2D eigenvalue weighted by Crippen LogP contribution is -2.36. The first-order valence-corrected chi connectivity index (χ1v) is 9.66. The predicted octanol–water partition coefficient (Wildman–Crippen LogP) is 3.80. The topological polar surface area (TPSA) is 86.1 Å². The number of aromatic nitrogens is 2. The minimum Gasteiger partial charge on any atom is -0.378 e. The Labute approximate surface area is 174 Å². The molecule has 1 fully saturated rings. The Morgan fingerprint density at radius 3 is 2.57 bits per heavy atom. The average molecular weight is 404 g/mol. The summed E-state index contributed by atoms with van der Waals surface area (Å²) < 4.78 is 19.9. The van der Waals surface area contributed by atoms with Gasteiger partial charge in [-0.25, -0.2) is 14.4 Å². The molecule has 1 aliphatic heterocycles. The summed E-state index contributed by atoms with van der Waals surface area (Å²) in [4.78, 5) is 10.7. The van der Waals surface area contributed by atoms with Gasteiger partial charge in [-0.3, -0.25) is 0 Å². The Kier molecular flexibility index (Phi) is 6.01. The van der Waals surface area contributed by atoms with E-state index in [2.05, 4.69) is 20.6 Å². The number of morpholine rings is 1. The third kappa shape index (κ3) is 4.64. The van der Waals surface area contributed by atoms with E-state index < -0.39 is 0 Å². The molecule has 0 bridgehead atoms. The van der Waals surface area contributed by atoms with E-state index in [0.29, 0.717) is 43.6 Å². The Morgan fingerprint density at radius 2 is 1.83 bits per heavy atom. The van der Waals surface area contributed by atoms with Crippen molar-refractivity contribution in [1.82, 2.24) is 9.97 Å². The van der Waals surface area contributed by atoms with Crippen molar-refractivity contribution in [3.05, 3.63) is 60.5 Å². The quantitative estimate of drug-likeness (QED) is 0.605. The summed E-state index contributed by atoms with van der Waals surface area (Å²) in [5, 5.41) is 14.7. The zero-order valence-corrected chi connectivity index (χ0v) is 16.3. The summed E-state index contributed by atoms with van der Waals surface area (Å²) in [6.45, 7) is 2.83. The molecule has 0 amide bonds. The van der Waals surface area contributed by atoms with Gasteiger partial charge in [0.2, 0.25) is 5.95 Å². The molecule has 8 heteroatoms. The Hall–Kier alpha value is -3.70. The number of benzene rings is 2. The van der Waals surface area contributed by atoms with Crippen LogP contribution in [0.5, 0.6) is 0 Å². The second-order valence-electron chi connectivity index (χ2n) is 6.75. The maximum atomic E-state index is 14.6. The van der Waals surface area contributed by atoms with Crippen LogP contribution in [0.4, 0.5) is 27.4 Å². The zero-order chi connectivity index (χ0) is 20.8. The summed E-state index contributed by atoms with van der Waals surface area (Å²) >= 11 is 0. The van der Waals surface area contributed by atoms with Crippen LogP contribution in [-0.4, -0.2) is 42.8 Å². The molecule has 0 radical (unpaired) electrons. The van der Waals surface area contributed by atoms with Gasteiger partial charge < -0.3 is 20.3 Å². The first kappa shape index (κ1) is 19.6. The van der Waals surface area contributed by atoms with Gasteiger partial charge in [0.1, 0.15) is 12.4 Å². The van der Waals surface area contributed by atoms with E-state index in [1.165, 1.54) is 6.07 Å². The van der Waals surface area contributed by atoms with Crippen LogP contribution in [0.2, 0.25) is 0 Å². The molecule has 0 spiro atoms. The van der Waals surface area contributed by atoms with E-state index in [-0.39, 0.29) is 12.4 Å². The van der Waals surface area contributed by atoms with Crippen LogP contribution >= 0.6 is 0 Å². The highest BCUT2D eigenvalue weighted by Crippen LogP contribution is 2.26. The highest BCUT2D eigenvalue weighted by atomic mass is 19.1. The molecular weight excluding hydrogens is 383 g/mol. The molecule has 0 aliphatic carbocycles. The molecule has 0 saturated carbocycles. The number of ether oxygens (including phenoxy) is 1. The molecule has 0 atom stereocenters. The van der Waals surface area contributed by atoms with E-state index in [1.807, 2.05) is 47.4 Å². The number of anilines is 4. The van der Waals surface area contributed by atoms with Crippen LogP contribution in [-0.2, 0) is 4.74 Å². The molecule has 2 N–H and O–H groups in total. The molecule has 1 saturated heterocycles. The molecule has 0 unspecified atom stereocenters. The molecular formula is C22H21FN6O. The third-order valence-electron chi connectivity index (χ3n) is 4.76. The van der Waals surface area contributed by atoms with Crippen molar-refractivity contribution in [3.8, 4) is 17.3 Å². The lowest BCUT2D eigenvalue weighted by molar-refractivity contribution is 0.122. The lowest BCUT2D eigenvalue weighted by Gasteiger charge is -2.29. The average Bonchev–Trinajstić information content (AvgIpc) is 2.79. The largest absolute Gasteiger partial charge is 0.378 e. The van der Waals surface area contributed by atoms with Crippen LogP contribution in [0, 0.1) is 17.1 Å². The Balaban J connectivity index is 1.48. The second-order valence-corrected chi connectivity index (χ2v) is 6.75. The molecule has 30 heavy (non-hydrogen) atoms. The fraction of sp³-hybridized carbons (Fsp3) is 0.227. The number of hydrogen-bond donors (Lipinski definition) is 2. The van der Waals surface area contributed by atoms with Gasteiger partial charge in [0.25, 0.3) is 0 Å². The lowest BCUT2D eigenvalue weighted by atomic mass is 10.1. The Morgan fingerprint density at radius 1 is 1.07 bits per heavy atom. The van der Waals surface area contributed by atoms with E-state index >= 15 is 0 Å². The third-order valence-corrected chi connectivity index (χ3v) is 4.76. The predicted molar refractivity (Wildman–Crippen MR) is 114 cm³/mol. The van der Waals surface area contributed by atoms with Gasteiger partial charge in [-0.2, -0.15) is 5.26 Å². The molecule has 3 aromatic rings. The van der Waals surface area contributed by atoms with Gasteiger partial charge in [-0.15, -0.1) is 0 Å². The van der Waals surface area contributed by atoms with Crippen molar-refractivity contribution in [1.29, 1.82) is 5.26 Å². The van der Waals surface area contributed by atoms with Crippen molar-refractivity contribution in [3.63, 3.8) is 0 Å². The second kappa shape index (κ2) is 9.20. The van der Waals surface area contributed by atoms with E-state index in [4.69, 9.17) is 10.00 Å². The van der Waals surface area contributed by atoms with Gasteiger partial charge in [0.15, 0.2) is 0 Å². The molecule has 1 aromatic heterocycles. The number of nitrogens with zero attached hydrogens (tertiary/aromatic N) is 4. The fourth-order valence-electron chi connectivity index (χ4n) is 3.25. The number of hydrogen-bond acceptors (Lipinski definition) is 7. The molecule has 7 nitrogen and oxygen atoms in total. The van der Waals surface area contributed by atoms with Crippen molar-refractivity contribution in [2.45, 2.75) is 0 Å². The summed E-state index contributed by atoms with van der Waals surface area (Å²) in [6, 6.07) is 16.5. The number of nitrogens with one attached hydrogen (secondary N) is 2. The summed E-state index contributed by atoms with van der Waals surface area (Å²) in [5.74, 6) is 0.0937. The van der Waals surface area contributed by atoms with Gasteiger partial charge >= 0.3 is 0 Å². The normalized spacial score (nSPS) is 13.5. The molecule has 4 rings (SSSR count). The fourth-order valence-corrected chi connectivity index (χ4v) is 3.25. The van der Waals surface area contributed by atoms with Crippen LogP contribution in [0.25, 0.3) is 11.3 Å². The van der Waals surface area contributed by atoms with Gasteiger partial charge in [0, 0.05) is 36.2 Å². The van der Waals surface area contributed by atoms with Gasteiger partial charge in [-0.1, -0.05) is 12.1 Å². The summed E-state index contributed by atoms with van der Waals surface area (Å²) in [7, 11) is 0. The monoisotopic (exact) mass is 404 g/mol. The standard InChI is InChI=1S/C22H21FN6O/c23-19-15-18(5-6-21(19)29-11-13-30-14-12-29)27-22-26-9-7-20(28-22)16-1-3-17(4-2-16)25-10-8-24/h1-7,9,15,25H,10-14H2,(H,26,27,28). The van der Waals surface area contributed by atoms with Gasteiger partial charge in [-0.05, 0) is 36.4 Å². The van der Waals surface area contributed by atoms with Crippen molar-refractivity contribution in [2.75, 3.05) is 48.4 Å². The first-order chi connectivity index (χ1) is 14.7. The first-order valence-electron chi connectivity index (χ1n) is 9.66. The van der Waals surface area contributed by atoms with E-state index in [9.17, 15) is 4.39 Å². The molecule has 1 aliphatic rings. The zero-order valence-electron chi connectivity index (χ0n) is 16.3.